The second kappa shape index (κ2) is 2.30. The van der Waals surface area contributed by atoms with E-state index in [1.807, 2.05) is 11.7 Å². The highest BCUT2D eigenvalue weighted by Crippen LogP contribution is 2.24. The molecule has 1 heterocycles. The number of aromatic nitrogens is 3. The van der Waals surface area contributed by atoms with Crippen LogP contribution < -0.4 is 5.73 Å². The second-order valence-corrected chi connectivity index (χ2v) is 3.04. The average Bonchev–Trinajstić information content (AvgIpc) is 2.35. The molecule has 0 amide bonds. The van der Waals surface area contributed by atoms with E-state index in [4.69, 9.17) is 5.73 Å². The van der Waals surface area contributed by atoms with E-state index in [1.54, 1.807) is 0 Å². The van der Waals surface area contributed by atoms with Crippen molar-refractivity contribution >= 4 is 0 Å². The summed E-state index contributed by atoms with van der Waals surface area (Å²) < 4.78 is 1.83. The fourth-order valence-corrected chi connectivity index (χ4v) is 1.60. The van der Waals surface area contributed by atoms with E-state index < -0.39 is 0 Å². The quantitative estimate of drug-likeness (QED) is 0.575. The Labute approximate surface area is 65.4 Å². The molecule has 2 rings (SSSR count). The smallest absolute Gasteiger partial charge is 0.103 e. The van der Waals surface area contributed by atoms with Gasteiger partial charge in [0, 0.05) is 7.05 Å². The van der Waals surface area contributed by atoms with Crippen LogP contribution in [0.2, 0.25) is 0 Å². The number of nitrogens with two attached hydrogens (primary N) is 1. The summed E-state index contributed by atoms with van der Waals surface area (Å²) in [5, 5.41) is 7.96. The Morgan fingerprint density at radius 1 is 1.64 bits per heavy atom. The highest BCUT2D eigenvalue weighted by molar-refractivity contribution is 5.17. The lowest BCUT2D eigenvalue weighted by molar-refractivity contribution is 0.544. The van der Waals surface area contributed by atoms with Crippen LogP contribution in [0.5, 0.6) is 0 Å². The van der Waals surface area contributed by atoms with Gasteiger partial charge < -0.3 is 5.73 Å². The molecule has 0 saturated heterocycles. The highest BCUT2D eigenvalue weighted by atomic mass is 15.4. The molecule has 0 aliphatic heterocycles. The van der Waals surface area contributed by atoms with E-state index in [0.29, 0.717) is 0 Å². The van der Waals surface area contributed by atoms with Crippen LogP contribution in [0.3, 0.4) is 0 Å². The van der Waals surface area contributed by atoms with Crippen molar-refractivity contribution in [3.8, 4) is 0 Å². The van der Waals surface area contributed by atoms with Crippen LogP contribution in [0.25, 0.3) is 0 Å². The molecule has 4 nitrogen and oxygen atoms in total. The van der Waals surface area contributed by atoms with E-state index in [0.717, 1.165) is 25.0 Å². The van der Waals surface area contributed by atoms with Crippen LogP contribution in [-0.2, 0) is 13.5 Å². The van der Waals surface area contributed by atoms with Crippen LogP contribution >= 0.6 is 0 Å². The first-order chi connectivity index (χ1) is 5.29. The van der Waals surface area contributed by atoms with Crippen molar-refractivity contribution in [3.63, 3.8) is 0 Å². The van der Waals surface area contributed by atoms with Gasteiger partial charge in [0.2, 0.25) is 0 Å². The molecule has 1 unspecified atom stereocenters. The van der Waals surface area contributed by atoms with Crippen molar-refractivity contribution in [1.82, 2.24) is 15.0 Å². The van der Waals surface area contributed by atoms with Gasteiger partial charge in [0.1, 0.15) is 5.69 Å². The number of nitrogens with zero attached hydrogens (tertiary/aromatic N) is 3. The summed E-state index contributed by atoms with van der Waals surface area (Å²) in [6.07, 6.45) is 3.29. The molecule has 2 N–H and O–H groups in total. The van der Waals surface area contributed by atoms with Crippen LogP contribution in [0, 0.1) is 0 Å². The van der Waals surface area contributed by atoms with Gasteiger partial charge in [-0.3, -0.25) is 4.68 Å². The molecule has 0 saturated carbocycles. The normalized spacial score (nSPS) is 23.3. The Hall–Kier alpha value is -0.900. The van der Waals surface area contributed by atoms with Gasteiger partial charge in [-0.25, -0.2) is 0 Å². The zero-order valence-electron chi connectivity index (χ0n) is 6.62. The molecular formula is C7H12N4. The molecule has 0 bridgehead atoms. The topological polar surface area (TPSA) is 56.7 Å². The number of hydrogen-bond donors (Lipinski definition) is 1. The average molecular weight is 152 g/mol. The molecule has 1 aliphatic rings. The predicted molar refractivity (Wildman–Crippen MR) is 40.9 cm³/mol. The largest absolute Gasteiger partial charge is 0.323 e. The van der Waals surface area contributed by atoms with Crippen molar-refractivity contribution in [1.29, 1.82) is 0 Å². The maximum atomic E-state index is 5.84. The van der Waals surface area contributed by atoms with Gasteiger partial charge in [0.05, 0.1) is 11.7 Å². The number of rotatable bonds is 0. The van der Waals surface area contributed by atoms with Crippen LogP contribution in [0.1, 0.15) is 30.3 Å². The lowest BCUT2D eigenvalue weighted by Crippen LogP contribution is -2.18. The third-order valence-electron chi connectivity index (χ3n) is 2.25. The Kier molecular flexibility index (Phi) is 1.42. The van der Waals surface area contributed by atoms with Crippen molar-refractivity contribution in [2.45, 2.75) is 25.3 Å². The van der Waals surface area contributed by atoms with Crippen LogP contribution in [0.4, 0.5) is 0 Å². The summed E-state index contributed by atoms with van der Waals surface area (Å²) in [7, 11) is 1.92. The van der Waals surface area contributed by atoms with Gasteiger partial charge in [0.25, 0.3) is 0 Å². The summed E-state index contributed by atoms with van der Waals surface area (Å²) in [5.74, 6) is 0. The standard InChI is InChI=1S/C7H12N4/c1-11-6-4-2-3-5(8)7(6)9-10-11/h5H,2-4,8H2,1H3. The zero-order valence-corrected chi connectivity index (χ0v) is 6.62. The van der Waals surface area contributed by atoms with E-state index in [-0.39, 0.29) is 6.04 Å². The fraction of sp³-hybridized carbons (Fsp3) is 0.714. The van der Waals surface area contributed by atoms with E-state index in [9.17, 15) is 0 Å². The van der Waals surface area contributed by atoms with Crippen LogP contribution in [0.15, 0.2) is 0 Å². The molecule has 0 fully saturated rings. The highest BCUT2D eigenvalue weighted by Gasteiger charge is 2.21. The lowest BCUT2D eigenvalue weighted by Gasteiger charge is -2.16. The molecule has 0 aromatic carbocycles. The first-order valence-corrected chi connectivity index (χ1v) is 3.93. The van der Waals surface area contributed by atoms with Crippen molar-refractivity contribution in [3.05, 3.63) is 11.4 Å². The molecule has 4 heteroatoms. The molecule has 60 valence electrons. The van der Waals surface area contributed by atoms with Crippen molar-refractivity contribution in [2.24, 2.45) is 12.8 Å². The van der Waals surface area contributed by atoms with Crippen molar-refractivity contribution in [2.75, 3.05) is 0 Å². The Morgan fingerprint density at radius 2 is 2.45 bits per heavy atom. The maximum Gasteiger partial charge on any atom is 0.103 e. The zero-order chi connectivity index (χ0) is 7.84. The van der Waals surface area contributed by atoms with Gasteiger partial charge in [-0.15, -0.1) is 5.10 Å². The molecule has 1 aromatic rings. The Morgan fingerprint density at radius 3 is 3.18 bits per heavy atom. The number of hydrogen-bond acceptors (Lipinski definition) is 3. The molecule has 0 spiro atoms. The molecule has 0 radical (unpaired) electrons. The van der Waals surface area contributed by atoms with Gasteiger partial charge in [-0.05, 0) is 19.3 Å². The van der Waals surface area contributed by atoms with Crippen molar-refractivity contribution < 1.29 is 0 Å². The minimum absolute atomic E-state index is 0.118. The van der Waals surface area contributed by atoms with Crippen LogP contribution in [-0.4, -0.2) is 15.0 Å². The monoisotopic (exact) mass is 152 g/mol. The summed E-state index contributed by atoms with van der Waals surface area (Å²) in [4.78, 5) is 0. The third kappa shape index (κ3) is 0.939. The molecular weight excluding hydrogens is 140 g/mol. The van der Waals surface area contributed by atoms with E-state index in [1.165, 1.54) is 5.69 Å². The summed E-state index contributed by atoms with van der Waals surface area (Å²) in [6, 6.07) is 0.118. The summed E-state index contributed by atoms with van der Waals surface area (Å²) in [6.45, 7) is 0. The maximum absolute atomic E-state index is 5.84. The lowest BCUT2D eigenvalue weighted by atomic mass is 9.97. The van der Waals surface area contributed by atoms with Gasteiger partial charge in [-0.2, -0.15) is 0 Å². The summed E-state index contributed by atoms with van der Waals surface area (Å²) in [5.41, 5.74) is 8.05. The van der Waals surface area contributed by atoms with E-state index in [2.05, 4.69) is 10.3 Å². The molecule has 1 atom stereocenters. The first-order valence-electron chi connectivity index (χ1n) is 3.93. The SMILES string of the molecule is Cn1nnc2c1CCCC2N. The third-order valence-corrected chi connectivity index (χ3v) is 2.25. The fourth-order valence-electron chi connectivity index (χ4n) is 1.60. The second-order valence-electron chi connectivity index (χ2n) is 3.04. The van der Waals surface area contributed by atoms with Gasteiger partial charge in [0.15, 0.2) is 0 Å². The van der Waals surface area contributed by atoms with E-state index >= 15 is 0 Å². The van der Waals surface area contributed by atoms with Gasteiger partial charge in [-0.1, -0.05) is 5.21 Å². The minimum Gasteiger partial charge on any atom is -0.323 e. The predicted octanol–water partition coefficient (Wildman–Crippen LogP) is 0.151. The Bertz CT molecular complexity index is 265. The first kappa shape index (κ1) is 6.79. The summed E-state index contributed by atoms with van der Waals surface area (Å²) >= 11 is 0. The number of aryl methyl sites for hydroxylation is 1. The molecule has 1 aliphatic carbocycles. The number of fused-ring (bicyclic) bond motifs is 1. The minimum atomic E-state index is 0.118. The van der Waals surface area contributed by atoms with Gasteiger partial charge >= 0.3 is 0 Å². The Balaban J connectivity index is 2.46. The molecule has 11 heavy (non-hydrogen) atoms. The molecule has 1 aromatic heterocycles.